The Bertz CT molecular complexity index is 599. The first kappa shape index (κ1) is 14.9. The Morgan fingerprint density at radius 2 is 1.80 bits per heavy atom. The summed E-state index contributed by atoms with van der Waals surface area (Å²) in [6.07, 6.45) is 0.368. The van der Waals surface area contributed by atoms with E-state index in [-0.39, 0.29) is 11.9 Å². The number of benzene rings is 2. The predicted octanol–water partition coefficient (Wildman–Crippen LogP) is 4.41. The molecule has 4 heteroatoms. The largest absolute Gasteiger partial charge is 0.349 e. The number of rotatable bonds is 4. The Hall–Kier alpha value is -1.51. The van der Waals surface area contributed by atoms with Gasteiger partial charge in [-0.1, -0.05) is 59.6 Å². The molecule has 2 nitrogen and oxygen atoms in total. The summed E-state index contributed by atoms with van der Waals surface area (Å²) in [5, 5.41) is 3.96. The zero-order chi connectivity index (χ0) is 14.5. The molecular formula is C16H15Cl2NO. The first-order chi connectivity index (χ1) is 9.56. The molecule has 1 amide bonds. The molecule has 0 aromatic heterocycles. The summed E-state index contributed by atoms with van der Waals surface area (Å²) >= 11 is 11.9. The summed E-state index contributed by atoms with van der Waals surface area (Å²) in [4.78, 5) is 12.0. The molecule has 0 bridgehead atoms. The number of carbonyl (C=O) groups is 1. The monoisotopic (exact) mass is 307 g/mol. The van der Waals surface area contributed by atoms with Gasteiger partial charge in [-0.05, 0) is 30.2 Å². The molecule has 0 aliphatic rings. The van der Waals surface area contributed by atoms with Crippen LogP contribution in [-0.2, 0) is 11.2 Å². The van der Waals surface area contributed by atoms with Gasteiger partial charge in [0.05, 0.1) is 22.5 Å². The minimum absolute atomic E-state index is 0.0187. The van der Waals surface area contributed by atoms with Crippen molar-refractivity contribution in [3.63, 3.8) is 0 Å². The molecule has 0 saturated heterocycles. The number of amides is 1. The van der Waals surface area contributed by atoms with Crippen LogP contribution in [0.5, 0.6) is 0 Å². The van der Waals surface area contributed by atoms with Crippen molar-refractivity contribution in [1.82, 2.24) is 5.32 Å². The summed E-state index contributed by atoms with van der Waals surface area (Å²) in [6, 6.07) is 14.9. The molecule has 0 heterocycles. The Kier molecular flexibility index (Phi) is 5.05. The molecule has 1 N–H and O–H groups in total. The van der Waals surface area contributed by atoms with Crippen molar-refractivity contribution < 1.29 is 4.79 Å². The second-order valence-corrected chi connectivity index (χ2v) is 5.44. The van der Waals surface area contributed by atoms with Crippen molar-refractivity contribution in [2.45, 2.75) is 19.4 Å². The van der Waals surface area contributed by atoms with Gasteiger partial charge in [0, 0.05) is 0 Å². The van der Waals surface area contributed by atoms with Crippen molar-refractivity contribution in [1.29, 1.82) is 0 Å². The lowest BCUT2D eigenvalue weighted by Gasteiger charge is -2.15. The van der Waals surface area contributed by atoms with E-state index in [1.54, 1.807) is 12.1 Å². The van der Waals surface area contributed by atoms with E-state index < -0.39 is 0 Å². The first-order valence-corrected chi connectivity index (χ1v) is 7.10. The lowest BCUT2D eigenvalue weighted by atomic mass is 10.1. The number of nitrogens with one attached hydrogen (secondary N) is 1. The van der Waals surface area contributed by atoms with Gasteiger partial charge in [-0.3, -0.25) is 4.79 Å². The minimum atomic E-state index is -0.110. The maximum atomic E-state index is 12.0. The molecule has 0 spiro atoms. The minimum Gasteiger partial charge on any atom is -0.349 e. The van der Waals surface area contributed by atoms with Gasteiger partial charge in [0.2, 0.25) is 5.91 Å². The van der Waals surface area contributed by atoms with Crippen molar-refractivity contribution >= 4 is 29.1 Å². The molecule has 104 valence electrons. The summed E-state index contributed by atoms with van der Waals surface area (Å²) < 4.78 is 0. The van der Waals surface area contributed by atoms with Gasteiger partial charge in [0.25, 0.3) is 0 Å². The van der Waals surface area contributed by atoms with Crippen LogP contribution in [0.25, 0.3) is 0 Å². The topological polar surface area (TPSA) is 29.1 Å². The van der Waals surface area contributed by atoms with Crippen LogP contribution in [0.2, 0.25) is 10.0 Å². The molecule has 2 aromatic rings. The highest BCUT2D eigenvalue weighted by molar-refractivity contribution is 6.42. The normalized spacial score (nSPS) is 11.9. The van der Waals surface area contributed by atoms with Crippen LogP contribution in [0.15, 0.2) is 48.5 Å². The molecule has 2 aromatic carbocycles. The number of hydrogen-bond acceptors (Lipinski definition) is 1. The summed E-state index contributed by atoms with van der Waals surface area (Å²) in [5.41, 5.74) is 1.92. The van der Waals surface area contributed by atoms with Gasteiger partial charge < -0.3 is 5.32 Å². The molecule has 0 unspecified atom stereocenters. The fourth-order valence-corrected chi connectivity index (χ4v) is 2.25. The third-order valence-electron chi connectivity index (χ3n) is 3.03. The van der Waals surface area contributed by atoms with Gasteiger partial charge in [-0.15, -0.1) is 0 Å². The summed E-state index contributed by atoms with van der Waals surface area (Å²) in [5.74, 6) is -0.0187. The molecule has 20 heavy (non-hydrogen) atoms. The van der Waals surface area contributed by atoms with E-state index in [1.165, 1.54) is 0 Å². The second-order valence-electron chi connectivity index (χ2n) is 4.63. The van der Waals surface area contributed by atoms with Crippen LogP contribution in [0.1, 0.15) is 24.1 Å². The fraction of sp³-hybridized carbons (Fsp3) is 0.188. The highest BCUT2D eigenvalue weighted by Gasteiger charge is 2.11. The van der Waals surface area contributed by atoms with Crippen LogP contribution in [-0.4, -0.2) is 5.91 Å². The predicted molar refractivity (Wildman–Crippen MR) is 83.2 cm³/mol. The van der Waals surface area contributed by atoms with E-state index >= 15 is 0 Å². The lowest BCUT2D eigenvalue weighted by molar-refractivity contribution is -0.121. The van der Waals surface area contributed by atoms with Gasteiger partial charge >= 0.3 is 0 Å². The maximum absolute atomic E-state index is 12.0. The van der Waals surface area contributed by atoms with Crippen LogP contribution in [0, 0.1) is 0 Å². The number of hydrogen-bond donors (Lipinski definition) is 1. The van der Waals surface area contributed by atoms with Crippen LogP contribution in [0.4, 0.5) is 0 Å². The van der Waals surface area contributed by atoms with Crippen molar-refractivity contribution in [2.75, 3.05) is 0 Å². The van der Waals surface area contributed by atoms with Crippen molar-refractivity contribution in [3.8, 4) is 0 Å². The fourth-order valence-electron chi connectivity index (χ4n) is 1.94. The molecule has 1 atom stereocenters. The van der Waals surface area contributed by atoms with E-state index in [2.05, 4.69) is 5.32 Å². The van der Waals surface area contributed by atoms with E-state index in [9.17, 15) is 4.79 Å². The van der Waals surface area contributed by atoms with Crippen molar-refractivity contribution in [3.05, 3.63) is 69.7 Å². The van der Waals surface area contributed by atoms with E-state index in [4.69, 9.17) is 23.2 Å². The Labute approximate surface area is 128 Å². The zero-order valence-corrected chi connectivity index (χ0v) is 12.6. The summed E-state index contributed by atoms with van der Waals surface area (Å²) in [7, 11) is 0. The number of carbonyl (C=O) groups excluding carboxylic acids is 1. The molecule has 0 aliphatic carbocycles. The Morgan fingerprint density at radius 3 is 2.45 bits per heavy atom. The molecule has 2 rings (SSSR count). The Balaban J connectivity index is 1.98. The van der Waals surface area contributed by atoms with Crippen LogP contribution < -0.4 is 5.32 Å². The zero-order valence-electron chi connectivity index (χ0n) is 11.1. The van der Waals surface area contributed by atoms with Gasteiger partial charge in [0.1, 0.15) is 0 Å². The quantitative estimate of drug-likeness (QED) is 0.890. The molecule has 0 fully saturated rings. The Morgan fingerprint density at radius 1 is 1.10 bits per heavy atom. The van der Waals surface area contributed by atoms with Gasteiger partial charge in [-0.25, -0.2) is 0 Å². The van der Waals surface area contributed by atoms with E-state index in [0.29, 0.717) is 16.5 Å². The first-order valence-electron chi connectivity index (χ1n) is 6.34. The highest BCUT2D eigenvalue weighted by Crippen LogP contribution is 2.25. The average Bonchev–Trinajstić information content (AvgIpc) is 2.42. The van der Waals surface area contributed by atoms with Gasteiger partial charge in [0.15, 0.2) is 0 Å². The van der Waals surface area contributed by atoms with Crippen LogP contribution >= 0.6 is 23.2 Å². The SMILES string of the molecule is C[C@H](NC(=O)Cc1ccccc1)c1ccc(Cl)c(Cl)c1. The smallest absolute Gasteiger partial charge is 0.224 e. The second kappa shape index (κ2) is 6.78. The lowest BCUT2D eigenvalue weighted by Crippen LogP contribution is -2.28. The standard InChI is InChI=1S/C16H15Cl2NO/c1-11(13-7-8-14(17)15(18)10-13)19-16(20)9-12-5-3-2-4-6-12/h2-8,10-11H,9H2,1H3,(H,19,20)/t11-/m0/s1. The van der Waals surface area contributed by atoms with Crippen LogP contribution in [0.3, 0.4) is 0 Å². The van der Waals surface area contributed by atoms with Gasteiger partial charge in [-0.2, -0.15) is 0 Å². The molecule has 0 radical (unpaired) electrons. The van der Waals surface area contributed by atoms with Crippen molar-refractivity contribution in [2.24, 2.45) is 0 Å². The highest BCUT2D eigenvalue weighted by atomic mass is 35.5. The molecular weight excluding hydrogens is 293 g/mol. The molecule has 0 saturated carbocycles. The van der Waals surface area contributed by atoms with E-state index in [0.717, 1.165) is 11.1 Å². The summed E-state index contributed by atoms with van der Waals surface area (Å²) in [6.45, 7) is 1.92. The average molecular weight is 308 g/mol. The molecule has 0 aliphatic heterocycles. The maximum Gasteiger partial charge on any atom is 0.224 e. The van der Waals surface area contributed by atoms with E-state index in [1.807, 2.05) is 43.3 Å². The third kappa shape index (κ3) is 3.99. The number of halogens is 2. The third-order valence-corrected chi connectivity index (χ3v) is 3.77.